The lowest BCUT2D eigenvalue weighted by Gasteiger charge is -2.23. The summed E-state index contributed by atoms with van der Waals surface area (Å²) in [5.41, 5.74) is 0.0168. The number of carboxylic acid groups (broad SMARTS) is 1. The molecule has 1 fully saturated rings. The van der Waals surface area contributed by atoms with Crippen LogP contribution in [0, 0.1) is 17.2 Å². The smallest absolute Gasteiger partial charge is 0.311 e. The van der Waals surface area contributed by atoms with Gasteiger partial charge in [-0.1, -0.05) is 13.0 Å². The third-order valence-electron chi connectivity index (χ3n) is 4.25. The summed E-state index contributed by atoms with van der Waals surface area (Å²) >= 11 is 3.13. The number of likely N-dealkylation sites (tertiary alicyclic amines) is 1. The number of carboxylic acids is 1. The van der Waals surface area contributed by atoms with E-state index < -0.39 is 11.4 Å². The average Bonchev–Trinajstić information content (AvgIpc) is 2.86. The molecule has 0 bridgehead atoms. The van der Waals surface area contributed by atoms with Crippen LogP contribution < -0.4 is 0 Å². The summed E-state index contributed by atoms with van der Waals surface area (Å²) in [5, 5.41) is 9.22. The van der Waals surface area contributed by atoms with Crippen molar-refractivity contribution in [1.82, 2.24) is 4.90 Å². The standard InChI is InChI=1S/C16H19BrFNO3/c1-10(7-11-3-4-13(18)12(17)8-11)14(20)19-6-5-16(2,9-19)15(21)22/h3-4,8,10H,5-7,9H2,1-2H3,(H,21,22)/t10-,16-/m0/s1. The number of rotatable bonds is 4. The van der Waals surface area contributed by atoms with Crippen molar-refractivity contribution in [3.05, 3.63) is 34.1 Å². The highest BCUT2D eigenvalue weighted by Crippen LogP contribution is 2.31. The minimum absolute atomic E-state index is 0.0505. The predicted molar refractivity (Wildman–Crippen MR) is 83.9 cm³/mol. The maximum atomic E-state index is 13.2. The fourth-order valence-electron chi connectivity index (χ4n) is 2.74. The van der Waals surface area contributed by atoms with Crippen LogP contribution in [0.2, 0.25) is 0 Å². The van der Waals surface area contributed by atoms with Crippen LogP contribution in [0.5, 0.6) is 0 Å². The van der Waals surface area contributed by atoms with Crippen molar-refractivity contribution in [2.75, 3.05) is 13.1 Å². The molecule has 0 unspecified atom stereocenters. The van der Waals surface area contributed by atoms with Gasteiger partial charge in [-0.2, -0.15) is 0 Å². The Labute approximate surface area is 137 Å². The van der Waals surface area contributed by atoms with Crippen molar-refractivity contribution in [3.8, 4) is 0 Å². The number of hydrogen-bond acceptors (Lipinski definition) is 2. The fourth-order valence-corrected chi connectivity index (χ4v) is 3.17. The quantitative estimate of drug-likeness (QED) is 0.884. The SMILES string of the molecule is C[C@@H](Cc1ccc(F)c(Br)c1)C(=O)N1CC[C@](C)(C(=O)O)C1. The Bertz CT molecular complexity index is 607. The molecule has 4 nitrogen and oxygen atoms in total. The molecule has 0 aromatic heterocycles. The molecule has 22 heavy (non-hydrogen) atoms. The summed E-state index contributed by atoms with van der Waals surface area (Å²) in [5.74, 6) is -1.52. The molecule has 0 radical (unpaired) electrons. The molecule has 1 heterocycles. The number of amides is 1. The zero-order chi connectivity index (χ0) is 16.5. The lowest BCUT2D eigenvalue weighted by molar-refractivity contribution is -0.147. The third-order valence-corrected chi connectivity index (χ3v) is 4.86. The van der Waals surface area contributed by atoms with Gasteiger partial charge in [0.2, 0.25) is 5.91 Å². The topological polar surface area (TPSA) is 57.6 Å². The van der Waals surface area contributed by atoms with Crippen molar-refractivity contribution in [2.24, 2.45) is 11.3 Å². The second kappa shape index (κ2) is 6.36. The molecular weight excluding hydrogens is 353 g/mol. The van der Waals surface area contributed by atoms with E-state index in [2.05, 4.69) is 15.9 Å². The van der Waals surface area contributed by atoms with Gasteiger partial charge < -0.3 is 10.0 Å². The third kappa shape index (κ3) is 3.48. The second-order valence-corrected chi connectivity index (χ2v) is 7.08. The molecule has 1 aromatic rings. The molecule has 1 saturated heterocycles. The molecule has 0 saturated carbocycles. The van der Waals surface area contributed by atoms with Crippen molar-refractivity contribution >= 4 is 27.8 Å². The number of benzene rings is 1. The van der Waals surface area contributed by atoms with E-state index >= 15 is 0 Å². The zero-order valence-electron chi connectivity index (χ0n) is 12.6. The predicted octanol–water partition coefficient (Wildman–Crippen LogP) is 3.09. The molecule has 120 valence electrons. The Hall–Kier alpha value is -1.43. The summed E-state index contributed by atoms with van der Waals surface area (Å²) in [4.78, 5) is 25.3. The number of carbonyl (C=O) groups excluding carboxylic acids is 1. The van der Waals surface area contributed by atoms with Crippen molar-refractivity contribution in [2.45, 2.75) is 26.7 Å². The lowest BCUT2D eigenvalue weighted by atomic mass is 9.90. The summed E-state index contributed by atoms with van der Waals surface area (Å²) < 4.78 is 13.6. The van der Waals surface area contributed by atoms with Crippen molar-refractivity contribution in [3.63, 3.8) is 0 Å². The van der Waals surface area contributed by atoms with Crippen LogP contribution >= 0.6 is 15.9 Å². The summed E-state index contributed by atoms with van der Waals surface area (Å²) in [7, 11) is 0. The van der Waals surface area contributed by atoms with Crippen LogP contribution in [-0.2, 0) is 16.0 Å². The van der Waals surface area contributed by atoms with E-state index in [0.29, 0.717) is 23.9 Å². The summed E-state index contributed by atoms with van der Waals surface area (Å²) in [6, 6.07) is 4.70. The number of aliphatic carboxylic acids is 1. The zero-order valence-corrected chi connectivity index (χ0v) is 14.2. The van der Waals surface area contributed by atoms with E-state index in [0.717, 1.165) is 5.56 Å². The molecule has 1 aliphatic rings. The van der Waals surface area contributed by atoms with Crippen LogP contribution in [0.25, 0.3) is 0 Å². The van der Waals surface area contributed by atoms with Gasteiger partial charge in [0.1, 0.15) is 5.82 Å². The molecule has 1 aliphatic heterocycles. The Kier molecular flexibility index (Phi) is 4.90. The minimum Gasteiger partial charge on any atom is -0.481 e. The van der Waals surface area contributed by atoms with Crippen LogP contribution in [0.4, 0.5) is 4.39 Å². The number of halogens is 2. The highest BCUT2D eigenvalue weighted by molar-refractivity contribution is 9.10. The average molecular weight is 372 g/mol. The normalized spacial score (nSPS) is 22.6. The van der Waals surface area contributed by atoms with Gasteiger partial charge in [0.05, 0.1) is 9.89 Å². The summed E-state index contributed by atoms with van der Waals surface area (Å²) in [6.45, 7) is 4.21. The van der Waals surface area contributed by atoms with Crippen molar-refractivity contribution in [1.29, 1.82) is 0 Å². The van der Waals surface area contributed by atoms with Crippen molar-refractivity contribution < 1.29 is 19.1 Å². The van der Waals surface area contributed by atoms with Gasteiger partial charge in [-0.05, 0) is 53.4 Å². The molecule has 1 aromatic carbocycles. The second-order valence-electron chi connectivity index (χ2n) is 6.23. The van der Waals surface area contributed by atoms with Gasteiger partial charge in [0, 0.05) is 19.0 Å². The Morgan fingerprint density at radius 2 is 2.18 bits per heavy atom. The van der Waals surface area contributed by atoms with Crippen LogP contribution in [-0.4, -0.2) is 35.0 Å². The molecule has 0 aliphatic carbocycles. The van der Waals surface area contributed by atoms with Crippen LogP contribution in [0.3, 0.4) is 0 Å². The molecular formula is C16H19BrFNO3. The highest BCUT2D eigenvalue weighted by atomic mass is 79.9. The van der Waals surface area contributed by atoms with E-state index in [1.165, 1.54) is 6.07 Å². The Balaban J connectivity index is 2.01. The number of hydrogen-bond donors (Lipinski definition) is 1. The Morgan fingerprint density at radius 3 is 2.73 bits per heavy atom. The molecule has 1 N–H and O–H groups in total. The summed E-state index contributed by atoms with van der Waals surface area (Å²) in [6.07, 6.45) is 0.973. The lowest BCUT2D eigenvalue weighted by Crippen LogP contribution is -2.37. The van der Waals surface area contributed by atoms with Crippen LogP contribution in [0.1, 0.15) is 25.8 Å². The Morgan fingerprint density at radius 1 is 1.50 bits per heavy atom. The first-order valence-corrected chi connectivity index (χ1v) is 7.98. The fraction of sp³-hybridized carbons (Fsp3) is 0.500. The molecule has 2 atom stereocenters. The van der Waals surface area contributed by atoms with E-state index in [4.69, 9.17) is 0 Å². The van der Waals surface area contributed by atoms with E-state index in [9.17, 15) is 19.1 Å². The largest absolute Gasteiger partial charge is 0.481 e. The van der Waals surface area contributed by atoms with Gasteiger partial charge in [0.25, 0.3) is 0 Å². The van der Waals surface area contributed by atoms with E-state index in [1.807, 2.05) is 6.92 Å². The molecule has 1 amide bonds. The van der Waals surface area contributed by atoms with Crippen LogP contribution in [0.15, 0.2) is 22.7 Å². The first-order valence-electron chi connectivity index (χ1n) is 7.19. The minimum atomic E-state index is -0.863. The highest BCUT2D eigenvalue weighted by Gasteiger charge is 2.42. The first kappa shape index (κ1) is 16.9. The molecule has 2 rings (SSSR count). The monoisotopic (exact) mass is 371 g/mol. The maximum Gasteiger partial charge on any atom is 0.311 e. The van der Waals surface area contributed by atoms with E-state index in [-0.39, 0.29) is 24.2 Å². The van der Waals surface area contributed by atoms with Gasteiger partial charge in [-0.15, -0.1) is 0 Å². The molecule has 0 spiro atoms. The number of carbonyl (C=O) groups is 2. The maximum absolute atomic E-state index is 13.2. The van der Waals surface area contributed by atoms with E-state index in [1.54, 1.807) is 24.0 Å². The van der Waals surface area contributed by atoms with Gasteiger partial charge in [-0.25, -0.2) is 4.39 Å². The molecule has 6 heteroatoms. The number of nitrogens with zero attached hydrogens (tertiary/aromatic N) is 1. The first-order chi connectivity index (χ1) is 10.2. The van der Waals surface area contributed by atoms with Gasteiger partial charge in [0.15, 0.2) is 0 Å². The van der Waals surface area contributed by atoms with Gasteiger partial charge >= 0.3 is 5.97 Å². The van der Waals surface area contributed by atoms with Gasteiger partial charge in [-0.3, -0.25) is 9.59 Å².